The fourth-order valence-electron chi connectivity index (χ4n) is 12.0. The number of hydrogen-bond donors (Lipinski definition) is 6. The Balaban J connectivity index is 1.31. The molecule has 22 heteroatoms. The van der Waals surface area contributed by atoms with Crippen molar-refractivity contribution in [3.05, 3.63) is 161 Å². The van der Waals surface area contributed by atoms with Crippen molar-refractivity contribution >= 4 is 58.2 Å². The molecule has 1 amide bonds. The number of anilines is 1. The predicted octanol–water partition coefficient (Wildman–Crippen LogP) is 10.8. The SMILES string of the molecule is CCCCCCCCN(/N=C/c1c2c(O)c3c(O)c(C)c4c(c3c1O)C(=O)C(C)(OC=CC(OC)C(C)C(OC(C)=O)C(C)C(O)C(C)C(O)C(C)C=CC=C(C)C(=O)N2)O4)C1OC(COC(=O)c2ccccc2)C(OC(=O)c2ccccc2)C1OC(=O)c1ccccc1. The average molecular weight is 1300 g/mol. The number of aliphatic hydroxyl groups excluding tert-OH is 2. The van der Waals surface area contributed by atoms with Crippen LogP contribution in [0.3, 0.4) is 0 Å². The maximum Gasteiger partial charge on any atom is 0.338 e. The topological polar surface area (TPSA) is 305 Å². The molecule has 1 fully saturated rings. The molecule has 4 aliphatic heterocycles. The summed E-state index contributed by atoms with van der Waals surface area (Å²) in [4.78, 5) is 84.5. The van der Waals surface area contributed by atoms with Crippen LogP contribution in [0.15, 0.2) is 132 Å². The van der Waals surface area contributed by atoms with Crippen LogP contribution < -0.4 is 10.1 Å². The van der Waals surface area contributed by atoms with Crippen LogP contribution in [0.5, 0.6) is 23.0 Å². The number of rotatable bonds is 19. The lowest BCUT2D eigenvalue weighted by atomic mass is 9.78. The number of carbonyl (C=O) groups excluding carboxylic acids is 6. The van der Waals surface area contributed by atoms with Crippen molar-refractivity contribution in [2.75, 3.05) is 25.6 Å². The van der Waals surface area contributed by atoms with Gasteiger partial charge in [-0.1, -0.05) is 140 Å². The van der Waals surface area contributed by atoms with E-state index in [0.29, 0.717) is 12.8 Å². The van der Waals surface area contributed by atoms with Crippen LogP contribution in [0.1, 0.15) is 146 Å². The van der Waals surface area contributed by atoms with Crippen molar-refractivity contribution in [2.24, 2.45) is 28.8 Å². The number of phenols is 3. The summed E-state index contributed by atoms with van der Waals surface area (Å²) in [6.45, 7) is 13.7. The Morgan fingerprint density at radius 2 is 1.29 bits per heavy atom. The van der Waals surface area contributed by atoms with E-state index in [2.05, 4.69) is 12.2 Å². The second-order valence-electron chi connectivity index (χ2n) is 24.3. The molecule has 9 rings (SSSR count). The molecule has 5 aromatic carbocycles. The van der Waals surface area contributed by atoms with Gasteiger partial charge in [0.1, 0.15) is 36.1 Å². The van der Waals surface area contributed by atoms with E-state index >= 15 is 4.79 Å². The minimum absolute atomic E-state index is 0.0146. The van der Waals surface area contributed by atoms with Crippen LogP contribution >= 0.6 is 0 Å². The number of hydrazone groups is 1. The molecule has 94 heavy (non-hydrogen) atoms. The number of amides is 1. The lowest BCUT2D eigenvalue weighted by Gasteiger charge is -2.38. The van der Waals surface area contributed by atoms with E-state index in [9.17, 15) is 49.5 Å². The monoisotopic (exact) mass is 1300 g/mol. The van der Waals surface area contributed by atoms with E-state index in [1.54, 1.807) is 101 Å². The van der Waals surface area contributed by atoms with Crippen LogP contribution in [0, 0.1) is 30.6 Å². The fourth-order valence-corrected chi connectivity index (χ4v) is 12.0. The van der Waals surface area contributed by atoms with Crippen molar-refractivity contribution in [1.82, 2.24) is 5.01 Å². The molecule has 4 aliphatic rings. The van der Waals surface area contributed by atoms with Crippen LogP contribution in [0.4, 0.5) is 5.69 Å². The van der Waals surface area contributed by atoms with Crippen molar-refractivity contribution in [1.29, 1.82) is 0 Å². The smallest absolute Gasteiger partial charge is 0.338 e. The second kappa shape index (κ2) is 31.7. The molecule has 5 aromatic rings. The molecule has 22 nitrogen and oxygen atoms in total. The number of carbonyl (C=O) groups is 6. The van der Waals surface area contributed by atoms with Crippen LogP contribution in [-0.2, 0) is 42.7 Å². The second-order valence-corrected chi connectivity index (χ2v) is 24.3. The number of fused-ring (bicyclic) bond motifs is 14. The van der Waals surface area contributed by atoms with Crippen LogP contribution in [-0.4, -0.2) is 147 Å². The molecule has 4 heterocycles. The number of Topliss-reactive ketones (excluding diaryl/α,β-unsaturated/α-hetero) is 1. The average Bonchev–Trinajstić information content (AvgIpc) is 1.46. The molecule has 0 aromatic heterocycles. The zero-order valence-corrected chi connectivity index (χ0v) is 54.6. The van der Waals surface area contributed by atoms with Crippen LogP contribution in [0.25, 0.3) is 10.8 Å². The first kappa shape index (κ1) is 70.8. The van der Waals surface area contributed by atoms with Gasteiger partial charge in [0, 0.05) is 67.7 Å². The largest absolute Gasteiger partial charge is 0.507 e. The number of hydrogen-bond acceptors (Lipinski definition) is 21. The van der Waals surface area contributed by atoms with Gasteiger partial charge in [-0.3, -0.25) is 19.4 Å². The summed E-state index contributed by atoms with van der Waals surface area (Å²) in [6, 6.07) is 24.2. The standard InChI is InChI=1S/C72H85N3O19/c1-11-12-13-14-15-25-36-75(68-65(93-71(86)49-33-23-18-24-34-49)64(92-70(85)48-31-21-17-22-32-48)52(91-68)39-88-69(84)47-29-19-16-20-30-47)73-38-50-56-61(81)54-53(60(50)80)55-63(45(7)59(54)79)94-72(9,66(55)82)89-37-35-51(87-10)42(4)62(90-46(8)76)44(6)58(78)43(5)57(77)40(2)27-26-28-41(3)67(83)74-56/h16-24,26-35,37-38,40,42-44,51-52,57-58,62,64-65,68,77-81H,11-15,25,36,39H2,1-10H3,(H,74,83)/b27-26?,37-35?,41-28?,73-38+. The summed E-state index contributed by atoms with van der Waals surface area (Å²) >= 11 is 0. The highest BCUT2D eigenvalue weighted by Crippen LogP contribution is 2.55. The predicted molar refractivity (Wildman–Crippen MR) is 348 cm³/mol. The number of unbranched alkanes of at least 4 members (excludes halogenated alkanes) is 5. The Morgan fingerprint density at radius 3 is 1.88 bits per heavy atom. The fraction of sp³-hybridized carbons (Fsp3) is 0.431. The van der Waals surface area contributed by atoms with E-state index < -0.39 is 160 Å². The zero-order valence-electron chi connectivity index (χ0n) is 54.6. The van der Waals surface area contributed by atoms with Gasteiger partial charge in [-0.2, -0.15) is 5.10 Å². The quantitative estimate of drug-likeness (QED) is 0.00851. The van der Waals surface area contributed by atoms with Gasteiger partial charge in [-0.05, 0) is 62.7 Å². The summed E-state index contributed by atoms with van der Waals surface area (Å²) in [5.74, 6) is -12.4. The molecule has 13 unspecified atom stereocenters. The summed E-state index contributed by atoms with van der Waals surface area (Å²) in [6.07, 6.45) is 2.83. The Hall–Kier alpha value is -9.09. The third-order valence-corrected chi connectivity index (χ3v) is 17.6. The van der Waals surface area contributed by atoms with Crippen molar-refractivity contribution in [2.45, 2.75) is 156 Å². The molecule has 13 atom stereocenters. The van der Waals surface area contributed by atoms with E-state index in [0.717, 1.165) is 38.2 Å². The number of ether oxygens (including phenoxy) is 8. The van der Waals surface area contributed by atoms with E-state index in [1.165, 1.54) is 82.3 Å². The van der Waals surface area contributed by atoms with Gasteiger partial charge < -0.3 is 68.7 Å². The van der Waals surface area contributed by atoms with Gasteiger partial charge in [0.05, 0.1) is 69.7 Å². The first-order chi connectivity index (χ1) is 44.9. The lowest BCUT2D eigenvalue weighted by Crippen LogP contribution is -2.46. The number of nitrogens with one attached hydrogen (secondary N) is 1. The Bertz CT molecular complexity index is 3650. The summed E-state index contributed by atoms with van der Waals surface area (Å²) in [5, 5.41) is 69.3. The highest BCUT2D eigenvalue weighted by atomic mass is 16.7. The number of methoxy groups -OCH3 is 1. The molecule has 0 saturated carbocycles. The molecular formula is C72H85N3O19. The molecule has 502 valence electrons. The number of nitrogens with zero attached hydrogens (tertiary/aromatic N) is 2. The maximum absolute atomic E-state index is 15.2. The molecule has 6 N–H and O–H groups in total. The van der Waals surface area contributed by atoms with Crippen molar-refractivity contribution in [3.63, 3.8) is 0 Å². The molecule has 0 aliphatic carbocycles. The Labute approximate surface area is 546 Å². The molecule has 5 bridgehead atoms. The van der Waals surface area contributed by atoms with Crippen molar-refractivity contribution in [3.8, 4) is 23.0 Å². The Morgan fingerprint density at radius 1 is 0.702 bits per heavy atom. The summed E-state index contributed by atoms with van der Waals surface area (Å²) in [7, 11) is 1.40. The normalized spacial score (nSPS) is 25.7. The third-order valence-electron chi connectivity index (χ3n) is 17.6. The zero-order chi connectivity index (χ0) is 68.1. The van der Waals surface area contributed by atoms with Gasteiger partial charge in [-0.15, -0.1) is 0 Å². The first-order valence-electron chi connectivity index (χ1n) is 31.7. The molecule has 0 radical (unpaired) electrons. The van der Waals surface area contributed by atoms with Crippen LogP contribution in [0.2, 0.25) is 0 Å². The number of esters is 4. The van der Waals surface area contributed by atoms with Gasteiger partial charge in [0.2, 0.25) is 0 Å². The van der Waals surface area contributed by atoms with Gasteiger partial charge in [-0.25, -0.2) is 14.4 Å². The minimum Gasteiger partial charge on any atom is -0.507 e. The van der Waals surface area contributed by atoms with E-state index in [-0.39, 0.29) is 45.7 Å². The first-order valence-corrected chi connectivity index (χ1v) is 31.7. The number of benzene rings is 5. The minimum atomic E-state index is -2.23. The number of aromatic hydroxyl groups is 3. The van der Waals surface area contributed by atoms with E-state index in [1.807, 2.05) is 0 Å². The lowest BCUT2D eigenvalue weighted by molar-refractivity contribution is -0.160. The van der Waals surface area contributed by atoms with Gasteiger partial charge >= 0.3 is 29.7 Å². The molecule has 0 spiro atoms. The summed E-state index contributed by atoms with van der Waals surface area (Å²) in [5.41, 5.74) is -0.837. The number of aliphatic hydroxyl groups is 2. The van der Waals surface area contributed by atoms with Gasteiger partial charge in [0.15, 0.2) is 24.2 Å². The maximum atomic E-state index is 15.2. The highest BCUT2D eigenvalue weighted by Gasteiger charge is 2.54. The molecule has 1 saturated heterocycles. The highest BCUT2D eigenvalue weighted by molar-refractivity contribution is 6.24. The Kier molecular flexibility index (Phi) is 23.9. The number of phenolic OH excluding ortho intramolecular Hbond substituents is 3. The molecular weight excluding hydrogens is 1210 g/mol. The number of allylic oxidation sites excluding steroid dienone is 2. The van der Waals surface area contributed by atoms with E-state index in [4.69, 9.17) is 43.0 Å². The van der Waals surface area contributed by atoms with Crippen molar-refractivity contribution < 1.29 is 92.2 Å². The van der Waals surface area contributed by atoms with Gasteiger partial charge in [0.25, 0.3) is 11.7 Å². The third kappa shape index (κ3) is 15.9. The number of ketones is 1. The summed E-state index contributed by atoms with van der Waals surface area (Å²) < 4.78 is 49.3.